The van der Waals surface area contributed by atoms with Crippen LogP contribution in [0.25, 0.3) is 0 Å². The van der Waals surface area contributed by atoms with Crippen molar-refractivity contribution < 1.29 is 4.74 Å². The van der Waals surface area contributed by atoms with E-state index < -0.39 is 0 Å². The zero-order chi connectivity index (χ0) is 16.2. The molecule has 0 N–H and O–H groups in total. The minimum Gasteiger partial charge on any atom is -0.481 e. The molecule has 1 fully saturated rings. The Balaban J connectivity index is 1.62. The van der Waals surface area contributed by atoms with Crippen molar-refractivity contribution in [2.75, 3.05) is 25.1 Å². The molecule has 0 aliphatic carbocycles. The normalized spacial score (nSPS) is 15.7. The molecule has 0 amide bonds. The summed E-state index contributed by atoms with van der Waals surface area (Å²) in [6.07, 6.45) is 3.69. The smallest absolute Gasteiger partial charge is 0.266 e. The van der Waals surface area contributed by atoms with E-state index in [0.29, 0.717) is 24.3 Å². The lowest BCUT2D eigenvalue weighted by molar-refractivity contribution is 0.331. The van der Waals surface area contributed by atoms with Gasteiger partial charge in [0.1, 0.15) is 0 Å². The van der Waals surface area contributed by atoms with Crippen LogP contribution in [-0.4, -0.2) is 39.9 Å². The van der Waals surface area contributed by atoms with Gasteiger partial charge in [0.2, 0.25) is 11.8 Å². The van der Waals surface area contributed by atoms with Gasteiger partial charge in [0.15, 0.2) is 0 Å². The van der Waals surface area contributed by atoms with E-state index in [-0.39, 0.29) is 5.56 Å². The van der Waals surface area contributed by atoms with Crippen LogP contribution in [0, 0.1) is 12.8 Å². The van der Waals surface area contributed by atoms with Gasteiger partial charge in [0.25, 0.3) is 5.56 Å². The number of hydrogen-bond donors (Lipinski definition) is 0. The predicted octanol–water partition coefficient (Wildman–Crippen LogP) is 1.27. The Kier molecular flexibility index (Phi) is 4.55. The van der Waals surface area contributed by atoms with Crippen LogP contribution in [0.2, 0.25) is 0 Å². The van der Waals surface area contributed by atoms with E-state index in [1.807, 2.05) is 6.92 Å². The van der Waals surface area contributed by atoms with Crippen molar-refractivity contribution in [1.82, 2.24) is 19.7 Å². The average molecular weight is 315 g/mol. The van der Waals surface area contributed by atoms with Crippen LogP contribution in [0.1, 0.15) is 18.5 Å². The molecule has 0 saturated carbocycles. The Morgan fingerprint density at radius 2 is 2.04 bits per heavy atom. The number of hydrogen-bond acceptors (Lipinski definition) is 6. The zero-order valence-corrected chi connectivity index (χ0v) is 13.5. The largest absolute Gasteiger partial charge is 0.481 e. The molecular weight excluding hydrogens is 294 g/mol. The first-order valence-electron chi connectivity index (χ1n) is 7.82. The summed E-state index contributed by atoms with van der Waals surface area (Å²) in [5.74, 6) is 1.73. The lowest BCUT2D eigenvalue weighted by Crippen LogP contribution is -2.37. The first-order valence-corrected chi connectivity index (χ1v) is 7.82. The molecular formula is C16H21N5O2. The highest BCUT2D eigenvalue weighted by Crippen LogP contribution is 2.22. The monoisotopic (exact) mass is 315 g/mol. The lowest BCUT2D eigenvalue weighted by Gasteiger charge is -2.32. The zero-order valence-electron chi connectivity index (χ0n) is 13.5. The number of ether oxygens (including phenoxy) is 1. The standard InChI is InChI=1S/C16H21N5O2/c1-12-3-4-15(22)21(19-12)11-13-6-9-20(10-7-13)16-17-8-5-14(18-16)23-2/h3-5,8,13H,6-7,9-11H2,1-2H3. The van der Waals surface area contributed by atoms with Crippen LogP contribution in [0.4, 0.5) is 5.95 Å². The Hall–Kier alpha value is -2.44. The van der Waals surface area contributed by atoms with Gasteiger partial charge in [-0.05, 0) is 31.7 Å². The fraction of sp³-hybridized carbons (Fsp3) is 0.500. The molecule has 122 valence electrons. The third kappa shape index (κ3) is 3.67. The highest BCUT2D eigenvalue weighted by atomic mass is 16.5. The summed E-state index contributed by atoms with van der Waals surface area (Å²) in [4.78, 5) is 22.7. The summed E-state index contributed by atoms with van der Waals surface area (Å²) in [7, 11) is 1.60. The maximum Gasteiger partial charge on any atom is 0.266 e. The first kappa shape index (κ1) is 15.5. The number of aromatic nitrogens is 4. The third-order valence-corrected chi connectivity index (χ3v) is 4.15. The van der Waals surface area contributed by atoms with Crippen LogP contribution in [0.5, 0.6) is 5.88 Å². The number of methoxy groups -OCH3 is 1. The van der Waals surface area contributed by atoms with Crippen LogP contribution < -0.4 is 15.2 Å². The van der Waals surface area contributed by atoms with E-state index in [1.165, 1.54) is 0 Å². The number of anilines is 1. The number of piperidine rings is 1. The SMILES string of the molecule is COc1ccnc(N2CCC(Cn3nc(C)ccc3=O)CC2)n1. The fourth-order valence-corrected chi connectivity index (χ4v) is 2.84. The summed E-state index contributed by atoms with van der Waals surface area (Å²) in [5.41, 5.74) is 0.834. The van der Waals surface area contributed by atoms with Crippen molar-refractivity contribution in [2.45, 2.75) is 26.3 Å². The Morgan fingerprint density at radius 3 is 2.78 bits per heavy atom. The molecule has 7 heteroatoms. The fourth-order valence-electron chi connectivity index (χ4n) is 2.84. The second kappa shape index (κ2) is 6.76. The van der Waals surface area contributed by atoms with Crippen molar-refractivity contribution in [2.24, 2.45) is 5.92 Å². The van der Waals surface area contributed by atoms with Crippen LogP contribution in [0.3, 0.4) is 0 Å². The molecule has 0 atom stereocenters. The molecule has 1 saturated heterocycles. The maximum atomic E-state index is 11.9. The van der Waals surface area contributed by atoms with Crippen molar-refractivity contribution in [3.63, 3.8) is 0 Å². The van der Waals surface area contributed by atoms with Gasteiger partial charge in [-0.3, -0.25) is 4.79 Å². The summed E-state index contributed by atoms with van der Waals surface area (Å²) < 4.78 is 6.73. The number of rotatable bonds is 4. The minimum absolute atomic E-state index is 0.0332. The summed E-state index contributed by atoms with van der Waals surface area (Å²) >= 11 is 0. The molecule has 0 aromatic carbocycles. The number of aryl methyl sites for hydroxylation is 1. The molecule has 0 radical (unpaired) electrons. The van der Waals surface area contributed by atoms with Crippen molar-refractivity contribution in [3.05, 3.63) is 40.4 Å². The van der Waals surface area contributed by atoms with Gasteiger partial charge in [0.05, 0.1) is 12.8 Å². The van der Waals surface area contributed by atoms with Crippen molar-refractivity contribution in [3.8, 4) is 5.88 Å². The van der Waals surface area contributed by atoms with Crippen LogP contribution >= 0.6 is 0 Å². The minimum atomic E-state index is -0.0332. The molecule has 2 aromatic heterocycles. The quantitative estimate of drug-likeness (QED) is 0.846. The summed E-state index contributed by atoms with van der Waals surface area (Å²) in [6.45, 7) is 4.32. The van der Waals surface area contributed by atoms with Gasteiger partial charge >= 0.3 is 0 Å². The first-order chi connectivity index (χ1) is 11.2. The summed E-state index contributed by atoms with van der Waals surface area (Å²) in [5, 5.41) is 4.32. The van der Waals surface area contributed by atoms with Gasteiger partial charge in [-0.2, -0.15) is 10.1 Å². The van der Waals surface area contributed by atoms with E-state index in [1.54, 1.807) is 36.2 Å². The molecule has 1 aliphatic rings. The Labute approximate surface area is 134 Å². The van der Waals surface area contributed by atoms with Crippen LogP contribution in [0.15, 0.2) is 29.2 Å². The van der Waals surface area contributed by atoms with E-state index in [0.717, 1.165) is 31.6 Å². The molecule has 3 rings (SSSR count). The highest BCUT2D eigenvalue weighted by molar-refractivity contribution is 5.32. The lowest BCUT2D eigenvalue weighted by atomic mass is 9.97. The second-order valence-corrected chi connectivity index (χ2v) is 5.82. The Morgan fingerprint density at radius 1 is 1.26 bits per heavy atom. The summed E-state index contributed by atoms with van der Waals surface area (Å²) in [6, 6.07) is 5.08. The Bertz CT molecular complexity index is 722. The molecule has 3 heterocycles. The molecule has 0 bridgehead atoms. The molecule has 2 aromatic rings. The van der Waals surface area contributed by atoms with Crippen molar-refractivity contribution >= 4 is 5.95 Å². The highest BCUT2D eigenvalue weighted by Gasteiger charge is 2.22. The van der Waals surface area contributed by atoms with E-state index in [4.69, 9.17) is 4.74 Å². The van der Waals surface area contributed by atoms with Gasteiger partial charge < -0.3 is 9.64 Å². The molecule has 1 aliphatic heterocycles. The molecule has 0 spiro atoms. The molecule has 0 unspecified atom stereocenters. The van der Waals surface area contributed by atoms with E-state index in [9.17, 15) is 4.79 Å². The van der Waals surface area contributed by atoms with E-state index >= 15 is 0 Å². The van der Waals surface area contributed by atoms with Gasteiger partial charge in [0, 0.05) is 38.0 Å². The number of nitrogens with zero attached hydrogens (tertiary/aromatic N) is 5. The van der Waals surface area contributed by atoms with Gasteiger partial charge in [-0.25, -0.2) is 9.67 Å². The van der Waals surface area contributed by atoms with Crippen molar-refractivity contribution in [1.29, 1.82) is 0 Å². The third-order valence-electron chi connectivity index (χ3n) is 4.15. The van der Waals surface area contributed by atoms with Gasteiger partial charge in [-0.15, -0.1) is 0 Å². The topological polar surface area (TPSA) is 73.1 Å². The average Bonchev–Trinajstić information content (AvgIpc) is 2.59. The molecule has 7 nitrogen and oxygen atoms in total. The van der Waals surface area contributed by atoms with Crippen LogP contribution in [-0.2, 0) is 6.54 Å². The molecule has 23 heavy (non-hydrogen) atoms. The van der Waals surface area contributed by atoms with Gasteiger partial charge in [-0.1, -0.05) is 0 Å². The second-order valence-electron chi connectivity index (χ2n) is 5.82. The maximum absolute atomic E-state index is 11.9. The van der Waals surface area contributed by atoms with E-state index in [2.05, 4.69) is 20.0 Å². The predicted molar refractivity (Wildman–Crippen MR) is 86.8 cm³/mol.